The first-order valence-electron chi connectivity index (χ1n) is 8.59. The first-order valence-corrected chi connectivity index (χ1v) is 8.59. The zero-order valence-corrected chi connectivity index (χ0v) is 14.4. The van der Waals surface area contributed by atoms with E-state index in [4.69, 9.17) is 0 Å². The molecule has 3 rings (SSSR count). The van der Waals surface area contributed by atoms with Crippen molar-refractivity contribution >= 4 is 5.91 Å². The molecule has 1 unspecified atom stereocenters. The fourth-order valence-electron chi connectivity index (χ4n) is 3.22. The zero-order valence-electron chi connectivity index (χ0n) is 14.4. The molecule has 128 valence electrons. The molecule has 0 bridgehead atoms. The van der Waals surface area contributed by atoms with Gasteiger partial charge in [0.1, 0.15) is 12.2 Å². The molecule has 1 aromatic heterocycles. The predicted octanol–water partition coefficient (Wildman–Crippen LogP) is 1.86. The highest BCUT2D eigenvalue weighted by Crippen LogP contribution is 2.17. The van der Waals surface area contributed by atoms with E-state index in [9.17, 15) is 4.79 Å². The van der Waals surface area contributed by atoms with Crippen LogP contribution in [0.3, 0.4) is 0 Å². The molecule has 0 spiro atoms. The summed E-state index contributed by atoms with van der Waals surface area (Å²) in [5, 5.41) is 7.29. The van der Waals surface area contributed by atoms with Crippen molar-refractivity contribution in [3.05, 3.63) is 47.5 Å². The number of nitrogens with zero attached hydrogens (tertiary/aromatic N) is 4. The van der Waals surface area contributed by atoms with Crippen LogP contribution in [-0.2, 0) is 13.1 Å². The third-order valence-electron chi connectivity index (χ3n) is 4.56. The van der Waals surface area contributed by atoms with Crippen LogP contribution in [0.2, 0.25) is 0 Å². The largest absolute Gasteiger partial charge is 0.352 e. The number of aromatic nitrogens is 3. The second-order valence-electron chi connectivity index (χ2n) is 6.46. The monoisotopic (exact) mass is 327 g/mol. The molecule has 6 heteroatoms. The standard InChI is InChI=1S/C18H25N5O/c1-3-23-17(20-13-21-23)12-22-8-7-15(11-22)10-19-18(24)16-6-4-5-14(2)9-16/h4-6,9,13,15H,3,7-8,10-12H2,1-2H3,(H,19,24). The quantitative estimate of drug-likeness (QED) is 0.880. The van der Waals surface area contributed by atoms with E-state index >= 15 is 0 Å². The lowest BCUT2D eigenvalue weighted by molar-refractivity contribution is 0.0947. The van der Waals surface area contributed by atoms with E-state index in [0.29, 0.717) is 5.92 Å². The van der Waals surface area contributed by atoms with Crippen molar-refractivity contribution in [1.82, 2.24) is 25.0 Å². The molecule has 1 N–H and O–H groups in total. The Hall–Kier alpha value is -2.21. The van der Waals surface area contributed by atoms with Crippen LogP contribution in [0.4, 0.5) is 0 Å². The maximum atomic E-state index is 12.2. The van der Waals surface area contributed by atoms with E-state index in [0.717, 1.165) is 56.1 Å². The molecule has 24 heavy (non-hydrogen) atoms. The first-order chi connectivity index (χ1) is 11.7. The van der Waals surface area contributed by atoms with E-state index in [2.05, 4.69) is 27.2 Å². The van der Waals surface area contributed by atoms with E-state index in [-0.39, 0.29) is 5.91 Å². The number of carbonyl (C=O) groups excluding carboxylic acids is 1. The third-order valence-corrected chi connectivity index (χ3v) is 4.56. The highest BCUT2D eigenvalue weighted by Gasteiger charge is 2.24. The minimum Gasteiger partial charge on any atom is -0.352 e. The van der Waals surface area contributed by atoms with Crippen molar-refractivity contribution in [2.75, 3.05) is 19.6 Å². The SMILES string of the molecule is CCn1ncnc1CN1CCC(CNC(=O)c2cccc(C)c2)C1. The van der Waals surface area contributed by atoms with Gasteiger partial charge in [-0.3, -0.25) is 9.69 Å². The summed E-state index contributed by atoms with van der Waals surface area (Å²) in [6.07, 6.45) is 2.73. The van der Waals surface area contributed by atoms with Gasteiger partial charge in [0.15, 0.2) is 0 Å². The Balaban J connectivity index is 1.47. The Labute approximate surface area is 142 Å². The highest BCUT2D eigenvalue weighted by atomic mass is 16.1. The fourth-order valence-corrected chi connectivity index (χ4v) is 3.22. The van der Waals surface area contributed by atoms with Crippen LogP contribution >= 0.6 is 0 Å². The van der Waals surface area contributed by atoms with Crippen molar-refractivity contribution in [3.63, 3.8) is 0 Å². The lowest BCUT2D eigenvalue weighted by Crippen LogP contribution is -2.31. The minimum absolute atomic E-state index is 0.0166. The Morgan fingerprint density at radius 3 is 3.08 bits per heavy atom. The summed E-state index contributed by atoms with van der Waals surface area (Å²) in [7, 11) is 0. The smallest absolute Gasteiger partial charge is 0.251 e. The number of aryl methyl sites for hydroxylation is 2. The lowest BCUT2D eigenvalue weighted by atomic mass is 10.1. The number of likely N-dealkylation sites (tertiary alicyclic amines) is 1. The summed E-state index contributed by atoms with van der Waals surface area (Å²) in [6, 6.07) is 7.71. The topological polar surface area (TPSA) is 63.1 Å². The van der Waals surface area contributed by atoms with Crippen molar-refractivity contribution < 1.29 is 4.79 Å². The third kappa shape index (κ3) is 4.00. The molecule has 6 nitrogen and oxygen atoms in total. The number of hydrogen-bond donors (Lipinski definition) is 1. The van der Waals surface area contributed by atoms with Gasteiger partial charge >= 0.3 is 0 Å². The maximum Gasteiger partial charge on any atom is 0.251 e. The minimum atomic E-state index is 0.0166. The molecule has 2 heterocycles. The zero-order chi connectivity index (χ0) is 16.9. The van der Waals surface area contributed by atoms with E-state index in [1.807, 2.05) is 35.9 Å². The van der Waals surface area contributed by atoms with E-state index < -0.39 is 0 Å². The number of amides is 1. The van der Waals surface area contributed by atoms with Gasteiger partial charge in [0, 0.05) is 25.2 Å². The number of carbonyl (C=O) groups is 1. The van der Waals surface area contributed by atoms with E-state index in [1.165, 1.54) is 0 Å². The summed E-state index contributed by atoms with van der Waals surface area (Å²) in [5.41, 5.74) is 1.84. The van der Waals surface area contributed by atoms with Gasteiger partial charge in [-0.25, -0.2) is 9.67 Å². The van der Waals surface area contributed by atoms with Crippen LogP contribution in [0.15, 0.2) is 30.6 Å². The first kappa shape index (κ1) is 16.6. The normalized spacial score (nSPS) is 18.0. The molecule has 1 aliphatic rings. The van der Waals surface area contributed by atoms with Gasteiger partial charge in [0.25, 0.3) is 5.91 Å². The Morgan fingerprint density at radius 1 is 1.42 bits per heavy atom. The van der Waals surface area contributed by atoms with Crippen LogP contribution in [0, 0.1) is 12.8 Å². The fraction of sp³-hybridized carbons (Fsp3) is 0.500. The number of hydrogen-bond acceptors (Lipinski definition) is 4. The van der Waals surface area contributed by atoms with Crippen molar-refractivity contribution in [2.45, 2.75) is 33.4 Å². The second-order valence-corrected chi connectivity index (χ2v) is 6.46. The molecular formula is C18H25N5O. The molecule has 0 radical (unpaired) electrons. The molecule has 2 aromatic rings. The molecule has 1 fully saturated rings. The Morgan fingerprint density at radius 2 is 2.29 bits per heavy atom. The Kier molecular flexibility index (Phi) is 5.25. The summed E-state index contributed by atoms with van der Waals surface area (Å²) < 4.78 is 1.94. The average Bonchev–Trinajstić information content (AvgIpc) is 3.22. The van der Waals surface area contributed by atoms with Crippen LogP contribution in [-0.4, -0.2) is 45.2 Å². The summed E-state index contributed by atoms with van der Waals surface area (Å²) in [6.45, 7) is 8.51. The number of benzene rings is 1. The summed E-state index contributed by atoms with van der Waals surface area (Å²) in [4.78, 5) is 19.0. The van der Waals surface area contributed by atoms with Crippen LogP contribution in [0.25, 0.3) is 0 Å². The lowest BCUT2D eigenvalue weighted by Gasteiger charge is -2.16. The highest BCUT2D eigenvalue weighted by molar-refractivity contribution is 5.94. The number of rotatable bonds is 6. The van der Waals surface area contributed by atoms with Gasteiger partial charge in [-0.15, -0.1) is 0 Å². The molecular weight excluding hydrogens is 302 g/mol. The molecule has 0 aliphatic carbocycles. The van der Waals surface area contributed by atoms with Gasteiger partial charge < -0.3 is 5.32 Å². The van der Waals surface area contributed by atoms with Gasteiger partial charge in [-0.05, 0) is 44.9 Å². The average molecular weight is 327 g/mol. The molecule has 1 saturated heterocycles. The van der Waals surface area contributed by atoms with Crippen molar-refractivity contribution in [1.29, 1.82) is 0 Å². The van der Waals surface area contributed by atoms with Crippen molar-refractivity contribution in [2.24, 2.45) is 5.92 Å². The van der Waals surface area contributed by atoms with Gasteiger partial charge in [-0.2, -0.15) is 5.10 Å². The van der Waals surface area contributed by atoms with Crippen molar-refractivity contribution in [3.8, 4) is 0 Å². The molecule has 0 saturated carbocycles. The molecule has 1 aromatic carbocycles. The van der Waals surface area contributed by atoms with Crippen LogP contribution < -0.4 is 5.32 Å². The van der Waals surface area contributed by atoms with Gasteiger partial charge in [0.05, 0.1) is 6.54 Å². The second kappa shape index (κ2) is 7.57. The summed E-state index contributed by atoms with van der Waals surface area (Å²) >= 11 is 0. The summed E-state index contributed by atoms with van der Waals surface area (Å²) in [5.74, 6) is 1.53. The van der Waals surface area contributed by atoms with Gasteiger partial charge in [0.2, 0.25) is 0 Å². The molecule has 1 aliphatic heterocycles. The van der Waals surface area contributed by atoms with E-state index in [1.54, 1.807) is 6.33 Å². The van der Waals surface area contributed by atoms with Gasteiger partial charge in [-0.1, -0.05) is 17.7 Å². The maximum absolute atomic E-state index is 12.2. The Bertz CT molecular complexity index is 696. The molecule has 1 amide bonds. The van der Waals surface area contributed by atoms with Crippen LogP contribution in [0.1, 0.15) is 35.1 Å². The predicted molar refractivity (Wildman–Crippen MR) is 92.6 cm³/mol. The van der Waals surface area contributed by atoms with Crippen LogP contribution in [0.5, 0.6) is 0 Å². The molecule has 1 atom stereocenters. The number of nitrogens with one attached hydrogen (secondary N) is 1.